The van der Waals surface area contributed by atoms with Gasteiger partial charge in [0.25, 0.3) is 0 Å². The van der Waals surface area contributed by atoms with E-state index >= 15 is 0 Å². The van der Waals surface area contributed by atoms with Gasteiger partial charge in [-0.15, -0.1) is 0 Å². The van der Waals surface area contributed by atoms with Crippen molar-refractivity contribution in [3.8, 4) is 0 Å². The Kier molecular flexibility index (Phi) is 5.83. The molecule has 144 valence electrons. The molecule has 2 aromatic carbocycles. The van der Waals surface area contributed by atoms with E-state index in [4.69, 9.17) is 23.7 Å². The molecule has 2 saturated heterocycles. The summed E-state index contributed by atoms with van der Waals surface area (Å²) in [5.74, 6) is 0. The minimum absolute atomic E-state index is 0.335. The highest BCUT2D eigenvalue weighted by atomic mass is 16.8. The number of benzene rings is 2. The second kappa shape index (κ2) is 8.48. The number of aliphatic hydroxyl groups excluding tert-OH is 1. The van der Waals surface area contributed by atoms with Crippen molar-refractivity contribution in [1.29, 1.82) is 0 Å². The minimum Gasteiger partial charge on any atom is -0.385 e. The molecule has 2 aromatic rings. The molecule has 0 saturated carbocycles. The normalized spacial score (nSPS) is 33.4. The third kappa shape index (κ3) is 4.06. The standard InChI is InChI=1S/C21H24O6/c1-23-21-17(22)19(24-12-14-8-4-2-5-9-14)18-16(26-21)13-25-20(27-18)15-10-6-3-7-11-15/h2-11,16-22H,12-13H2,1H3/t16-,17-,18+,19+,20?,21-/m1/s1. The molecule has 0 radical (unpaired) electrons. The summed E-state index contributed by atoms with van der Waals surface area (Å²) in [5, 5.41) is 10.7. The van der Waals surface area contributed by atoms with Crippen LogP contribution in [0.2, 0.25) is 0 Å². The van der Waals surface area contributed by atoms with E-state index in [0.29, 0.717) is 13.2 Å². The molecular weight excluding hydrogens is 348 g/mol. The first-order valence-corrected chi connectivity index (χ1v) is 9.10. The number of methoxy groups -OCH3 is 1. The largest absolute Gasteiger partial charge is 0.385 e. The zero-order chi connectivity index (χ0) is 18.6. The van der Waals surface area contributed by atoms with Crippen LogP contribution in [0.15, 0.2) is 60.7 Å². The van der Waals surface area contributed by atoms with Crippen molar-refractivity contribution in [3.63, 3.8) is 0 Å². The Labute approximate surface area is 158 Å². The highest BCUT2D eigenvalue weighted by Gasteiger charge is 2.50. The van der Waals surface area contributed by atoms with Crippen LogP contribution in [0.5, 0.6) is 0 Å². The fourth-order valence-electron chi connectivity index (χ4n) is 3.49. The van der Waals surface area contributed by atoms with Gasteiger partial charge in [-0.1, -0.05) is 60.7 Å². The van der Waals surface area contributed by atoms with Gasteiger partial charge in [0.15, 0.2) is 12.6 Å². The highest BCUT2D eigenvalue weighted by molar-refractivity contribution is 5.17. The Hall–Kier alpha value is -1.80. The first-order chi connectivity index (χ1) is 13.3. The molecule has 2 aliphatic heterocycles. The first-order valence-electron chi connectivity index (χ1n) is 9.10. The van der Waals surface area contributed by atoms with Crippen molar-refractivity contribution < 1.29 is 28.8 Å². The Morgan fingerprint density at radius 3 is 2.41 bits per heavy atom. The average Bonchev–Trinajstić information content (AvgIpc) is 2.74. The van der Waals surface area contributed by atoms with Crippen molar-refractivity contribution in [2.75, 3.05) is 13.7 Å². The molecule has 6 heteroatoms. The van der Waals surface area contributed by atoms with Crippen molar-refractivity contribution in [1.82, 2.24) is 0 Å². The lowest BCUT2D eigenvalue weighted by Gasteiger charge is -2.47. The van der Waals surface area contributed by atoms with E-state index in [1.165, 1.54) is 7.11 Å². The molecule has 6 atom stereocenters. The highest BCUT2D eigenvalue weighted by Crippen LogP contribution is 2.35. The predicted molar refractivity (Wildman–Crippen MR) is 96.7 cm³/mol. The van der Waals surface area contributed by atoms with Gasteiger partial charge in [-0.3, -0.25) is 0 Å². The van der Waals surface area contributed by atoms with Gasteiger partial charge < -0.3 is 28.8 Å². The molecule has 2 aliphatic rings. The van der Waals surface area contributed by atoms with E-state index in [0.717, 1.165) is 11.1 Å². The second-order valence-corrected chi connectivity index (χ2v) is 6.71. The zero-order valence-electron chi connectivity index (χ0n) is 15.1. The van der Waals surface area contributed by atoms with Gasteiger partial charge in [0.1, 0.15) is 24.4 Å². The number of hydrogen-bond acceptors (Lipinski definition) is 6. The lowest BCUT2D eigenvalue weighted by molar-refractivity contribution is -0.363. The number of fused-ring (bicyclic) bond motifs is 1. The van der Waals surface area contributed by atoms with E-state index < -0.39 is 30.9 Å². The maximum atomic E-state index is 10.7. The maximum absolute atomic E-state index is 10.7. The van der Waals surface area contributed by atoms with Crippen molar-refractivity contribution >= 4 is 0 Å². The third-order valence-electron chi connectivity index (χ3n) is 4.90. The number of rotatable bonds is 5. The third-order valence-corrected chi connectivity index (χ3v) is 4.90. The number of hydrogen-bond donors (Lipinski definition) is 1. The molecule has 0 aliphatic carbocycles. The van der Waals surface area contributed by atoms with Crippen LogP contribution in [0.25, 0.3) is 0 Å². The summed E-state index contributed by atoms with van der Waals surface area (Å²) in [6.45, 7) is 0.699. The fourth-order valence-corrected chi connectivity index (χ4v) is 3.49. The topological polar surface area (TPSA) is 66.4 Å². The molecule has 27 heavy (non-hydrogen) atoms. The molecule has 0 aromatic heterocycles. The van der Waals surface area contributed by atoms with Crippen LogP contribution in [-0.2, 0) is 30.3 Å². The van der Waals surface area contributed by atoms with Crippen LogP contribution < -0.4 is 0 Å². The zero-order valence-corrected chi connectivity index (χ0v) is 15.1. The van der Waals surface area contributed by atoms with Gasteiger partial charge >= 0.3 is 0 Å². The van der Waals surface area contributed by atoms with Crippen molar-refractivity contribution in [2.24, 2.45) is 0 Å². The quantitative estimate of drug-likeness (QED) is 0.870. The monoisotopic (exact) mass is 372 g/mol. The number of ether oxygens (including phenoxy) is 5. The Bertz CT molecular complexity index is 709. The lowest BCUT2D eigenvalue weighted by atomic mass is 9.97. The second-order valence-electron chi connectivity index (χ2n) is 6.71. The summed E-state index contributed by atoms with van der Waals surface area (Å²) in [4.78, 5) is 0. The molecule has 1 unspecified atom stereocenters. The molecule has 0 bridgehead atoms. The SMILES string of the molecule is CO[C@@H]1O[C@@H]2COC(c3ccccc3)O[C@@H]2[C@@H](OCc2ccccc2)[C@H]1O. The Morgan fingerprint density at radius 2 is 1.70 bits per heavy atom. The molecule has 2 fully saturated rings. The summed E-state index contributed by atoms with van der Waals surface area (Å²) in [7, 11) is 1.50. The molecule has 1 N–H and O–H groups in total. The van der Waals surface area contributed by atoms with E-state index in [2.05, 4.69) is 0 Å². The predicted octanol–water partition coefficient (Wildman–Crippen LogP) is 2.42. The van der Waals surface area contributed by atoms with Crippen molar-refractivity contribution in [3.05, 3.63) is 71.8 Å². The molecule has 0 spiro atoms. The molecule has 0 amide bonds. The van der Waals surface area contributed by atoms with Gasteiger partial charge in [-0.05, 0) is 5.56 Å². The molecular formula is C21H24O6. The Morgan fingerprint density at radius 1 is 1.00 bits per heavy atom. The van der Waals surface area contributed by atoms with Crippen LogP contribution in [-0.4, -0.2) is 49.5 Å². The van der Waals surface area contributed by atoms with Crippen molar-refractivity contribution in [2.45, 2.75) is 43.6 Å². The first kappa shape index (κ1) is 18.6. The summed E-state index contributed by atoms with van der Waals surface area (Å²) in [6.07, 6.45) is -3.70. The van der Waals surface area contributed by atoms with E-state index in [1.807, 2.05) is 60.7 Å². The molecule has 4 rings (SSSR count). The number of aliphatic hydroxyl groups is 1. The van der Waals surface area contributed by atoms with Crippen LogP contribution in [0.1, 0.15) is 17.4 Å². The smallest absolute Gasteiger partial charge is 0.186 e. The van der Waals surface area contributed by atoms with Crippen LogP contribution in [0.4, 0.5) is 0 Å². The van der Waals surface area contributed by atoms with Gasteiger partial charge in [-0.2, -0.15) is 0 Å². The van der Waals surface area contributed by atoms with Gasteiger partial charge in [0.05, 0.1) is 13.2 Å². The Balaban J connectivity index is 1.51. The van der Waals surface area contributed by atoms with Crippen LogP contribution >= 0.6 is 0 Å². The van der Waals surface area contributed by atoms with Gasteiger partial charge in [0, 0.05) is 12.7 Å². The minimum atomic E-state index is -0.963. The fraction of sp³-hybridized carbons (Fsp3) is 0.429. The molecule has 2 heterocycles. The summed E-state index contributed by atoms with van der Waals surface area (Å²) in [6, 6.07) is 19.5. The lowest BCUT2D eigenvalue weighted by Crippen LogP contribution is -2.62. The van der Waals surface area contributed by atoms with Crippen LogP contribution in [0, 0.1) is 0 Å². The van der Waals surface area contributed by atoms with E-state index in [9.17, 15) is 5.11 Å². The van der Waals surface area contributed by atoms with Gasteiger partial charge in [0.2, 0.25) is 0 Å². The average molecular weight is 372 g/mol. The maximum Gasteiger partial charge on any atom is 0.186 e. The van der Waals surface area contributed by atoms with E-state index in [-0.39, 0.29) is 6.10 Å². The molecule has 6 nitrogen and oxygen atoms in total. The summed E-state index contributed by atoms with van der Waals surface area (Å²) < 4.78 is 29.2. The summed E-state index contributed by atoms with van der Waals surface area (Å²) >= 11 is 0. The van der Waals surface area contributed by atoms with Gasteiger partial charge in [-0.25, -0.2) is 0 Å². The van der Waals surface area contributed by atoms with E-state index in [1.54, 1.807) is 0 Å². The van der Waals surface area contributed by atoms with Crippen LogP contribution in [0.3, 0.4) is 0 Å². The summed E-state index contributed by atoms with van der Waals surface area (Å²) in [5.41, 5.74) is 1.94.